The first-order valence-electron chi connectivity index (χ1n) is 6.18. The van der Waals surface area contributed by atoms with Gasteiger partial charge in [0.1, 0.15) is 0 Å². The SMILES string of the molecule is C[C@]12CCC(=O)N[C@@H]1CCc1cc(Br)ccc12. The molecule has 1 aromatic rings. The molecule has 1 aromatic carbocycles. The van der Waals surface area contributed by atoms with E-state index in [-0.39, 0.29) is 11.3 Å². The van der Waals surface area contributed by atoms with E-state index in [1.54, 1.807) is 0 Å². The summed E-state index contributed by atoms with van der Waals surface area (Å²) in [5.74, 6) is 0.216. The molecular formula is C14H16BrNO. The number of hydrogen-bond acceptors (Lipinski definition) is 1. The Kier molecular flexibility index (Phi) is 2.54. The highest BCUT2D eigenvalue weighted by Gasteiger charge is 2.43. The minimum atomic E-state index is 0.127. The van der Waals surface area contributed by atoms with Gasteiger partial charge in [0.15, 0.2) is 0 Å². The number of hydrogen-bond donors (Lipinski definition) is 1. The number of aryl methyl sites for hydroxylation is 1. The first-order valence-corrected chi connectivity index (χ1v) is 6.97. The molecule has 1 saturated heterocycles. The molecule has 1 aliphatic heterocycles. The third-order valence-corrected chi connectivity index (χ3v) is 4.85. The maximum atomic E-state index is 11.5. The van der Waals surface area contributed by atoms with E-state index in [0.29, 0.717) is 12.5 Å². The molecule has 1 N–H and O–H groups in total. The summed E-state index contributed by atoms with van der Waals surface area (Å²) < 4.78 is 1.15. The maximum absolute atomic E-state index is 11.5. The van der Waals surface area contributed by atoms with Gasteiger partial charge in [-0.3, -0.25) is 4.79 Å². The lowest BCUT2D eigenvalue weighted by Crippen LogP contribution is -2.55. The number of piperidine rings is 1. The van der Waals surface area contributed by atoms with Crippen LogP contribution in [0.2, 0.25) is 0 Å². The van der Waals surface area contributed by atoms with E-state index in [4.69, 9.17) is 0 Å². The van der Waals surface area contributed by atoms with Gasteiger partial charge in [-0.15, -0.1) is 0 Å². The van der Waals surface area contributed by atoms with E-state index in [1.165, 1.54) is 11.1 Å². The largest absolute Gasteiger partial charge is 0.352 e. The van der Waals surface area contributed by atoms with Gasteiger partial charge in [-0.1, -0.05) is 28.9 Å². The highest BCUT2D eigenvalue weighted by atomic mass is 79.9. The van der Waals surface area contributed by atoms with E-state index in [1.807, 2.05) is 0 Å². The number of fused-ring (bicyclic) bond motifs is 3. The van der Waals surface area contributed by atoms with Crippen molar-refractivity contribution in [3.8, 4) is 0 Å². The van der Waals surface area contributed by atoms with Crippen molar-refractivity contribution in [2.75, 3.05) is 0 Å². The average molecular weight is 294 g/mol. The third-order valence-electron chi connectivity index (χ3n) is 4.36. The average Bonchev–Trinajstić information content (AvgIpc) is 2.30. The topological polar surface area (TPSA) is 29.1 Å². The zero-order chi connectivity index (χ0) is 12.0. The fourth-order valence-electron chi connectivity index (χ4n) is 3.31. The molecule has 0 spiro atoms. The molecule has 0 radical (unpaired) electrons. The first kappa shape index (κ1) is 11.3. The monoisotopic (exact) mass is 293 g/mol. The molecule has 3 rings (SSSR count). The van der Waals surface area contributed by atoms with Crippen LogP contribution in [0.25, 0.3) is 0 Å². The smallest absolute Gasteiger partial charge is 0.220 e. The van der Waals surface area contributed by atoms with Crippen LogP contribution in [0.4, 0.5) is 0 Å². The minimum Gasteiger partial charge on any atom is -0.352 e. The summed E-state index contributed by atoms with van der Waals surface area (Å²) in [5.41, 5.74) is 2.99. The van der Waals surface area contributed by atoms with Crippen molar-refractivity contribution in [1.29, 1.82) is 0 Å². The Labute approximate surface area is 110 Å². The summed E-state index contributed by atoms with van der Waals surface area (Å²) >= 11 is 3.54. The zero-order valence-corrected chi connectivity index (χ0v) is 11.5. The minimum absolute atomic E-state index is 0.127. The second-order valence-corrected chi connectivity index (χ2v) is 6.29. The fraction of sp³-hybridized carbons (Fsp3) is 0.500. The van der Waals surface area contributed by atoms with Gasteiger partial charge in [0.2, 0.25) is 5.91 Å². The Bertz CT molecular complexity index is 485. The number of carbonyl (C=O) groups is 1. The van der Waals surface area contributed by atoms with Crippen LogP contribution in [0.3, 0.4) is 0 Å². The van der Waals surface area contributed by atoms with Crippen LogP contribution in [-0.2, 0) is 16.6 Å². The number of amides is 1. The van der Waals surface area contributed by atoms with Gasteiger partial charge in [-0.25, -0.2) is 0 Å². The van der Waals surface area contributed by atoms with Crippen molar-refractivity contribution in [2.24, 2.45) is 0 Å². The van der Waals surface area contributed by atoms with Gasteiger partial charge in [0, 0.05) is 22.4 Å². The lowest BCUT2D eigenvalue weighted by atomic mass is 9.64. The molecule has 0 saturated carbocycles. The predicted octanol–water partition coefficient (Wildman–Crippen LogP) is 2.93. The molecule has 2 atom stereocenters. The lowest BCUT2D eigenvalue weighted by molar-refractivity contribution is -0.125. The van der Waals surface area contributed by atoms with Crippen LogP contribution < -0.4 is 5.32 Å². The number of nitrogens with one attached hydrogen (secondary N) is 1. The van der Waals surface area contributed by atoms with Crippen LogP contribution in [0.1, 0.15) is 37.3 Å². The van der Waals surface area contributed by atoms with E-state index in [9.17, 15) is 4.79 Å². The standard InChI is InChI=1S/C14H16BrNO/c1-14-7-6-13(17)16-12(14)5-2-9-8-10(15)3-4-11(9)14/h3-4,8,12H,2,5-7H2,1H3,(H,16,17)/t12-,14-/m1/s1. The molecule has 0 bridgehead atoms. The fourth-order valence-corrected chi connectivity index (χ4v) is 3.72. The molecule has 3 heteroatoms. The maximum Gasteiger partial charge on any atom is 0.220 e. The van der Waals surface area contributed by atoms with E-state index in [0.717, 1.165) is 23.7 Å². The summed E-state index contributed by atoms with van der Waals surface area (Å²) in [4.78, 5) is 11.5. The summed E-state index contributed by atoms with van der Waals surface area (Å²) in [6.45, 7) is 2.29. The quantitative estimate of drug-likeness (QED) is 0.783. The molecular weight excluding hydrogens is 278 g/mol. The molecule has 2 aliphatic rings. The molecule has 17 heavy (non-hydrogen) atoms. The van der Waals surface area contributed by atoms with Crippen molar-refractivity contribution in [3.05, 3.63) is 33.8 Å². The summed E-state index contributed by atoms with van der Waals surface area (Å²) in [7, 11) is 0. The van der Waals surface area contributed by atoms with Crippen LogP contribution in [-0.4, -0.2) is 11.9 Å². The molecule has 1 aliphatic carbocycles. The van der Waals surface area contributed by atoms with Crippen molar-refractivity contribution in [1.82, 2.24) is 5.32 Å². The molecule has 90 valence electrons. The normalized spacial score (nSPS) is 31.4. The summed E-state index contributed by atoms with van der Waals surface area (Å²) in [6.07, 6.45) is 3.75. The van der Waals surface area contributed by atoms with Crippen LogP contribution in [0.5, 0.6) is 0 Å². The molecule has 1 heterocycles. The van der Waals surface area contributed by atoms with Crippen LogP contribution in [0.15, 0.2) is 22.7 Å². The number of halogens is 1. The van der Waals surface area contributed by atoms with Crippen molar-refractivity contribution in [3.63, 3.8) is 0 Å². The first-order chi connectivity index (χ1) is 8.09. The van der Waals surface area contributed by atoms with Crippen molar-refractivity contribution >= 4 is 21.8 Å². The second kappa shape index (κ2) is 3.84. The lowest BCUT2D eigenvalue weighted by Gasteiger charge is -2.46. The van der Waals surface area contributed by atoms with E-state index >= 15 is 0 Å². The Morgan fingerprint density at radius 3 is 3.06 bits per heavy atom. The predicted molar refractivity (Wildman–Crippen MR) is 71.0 cm³/mol. The summed E-state index contributed by atoms with van der Waals surface area (Å²) in [5, 5.41) is 3.16. The van der Waals surface area contributed by atoms with Gasteiger partial charge in [-0.05, 0) is 42.5 Å². The van der Waals surface area contributed by atoms with Gasteiger partial charge in [0.05, 0.1) is 0 Å². The Hall–Kier alpha value is -0.830. The molecule has 1 amide bonds. The number of benzene rings is 1. The second-order valence-electron chi connectivity index (χ2n) is 5.38. The van der Waals surface area contributed by atoms with Crippen molar-refractivity contribution in [2.45, 2.75) is 44.1 Å². The Balaban J connectivity index is 2.07. The van der Waals surface area contributed by atoms with Gasteiger partial charge < -0.3 is 5.32 Å². The molecule has 0 unspecified atom stereocenters. The van der Waals surface area contributed by atoms with E-state index < -0.39 is 0 Å². The summed E-state index contributed by atoms with van der Waals surface area (Å²) in [6, 6.07) is 6.89. The number of rotatable bonds is 0. The number of carbonyl (C=O) groups excluding carboxylic acids is 1. The highest BCUT2D eigenvalue weighted by Crippen LogP contribution is 2.43. The molecule has 2 nitrogen and oxygen atoms in total. The Morgan fingerprint density at radius 2 is 2.24 bits per heavy atom. The highest BCUT2D eigenvalue weighted by molar-refractivity contribution is 9.10. The van der Waals surface area contributed by atoms with E-state index in [2.05, 4.69) is 46.4 Å². The molecule has 0 aromatic heterocycles. The van der Waals surface area contributed by atoms with Crippen LogP contribution >= 0.6 is 15.9 Å². The third kappa shape index (κ3) is 1.71. The van der Waals surface area contributed by atoms with Gasteiger partial charge in [0.25, 0.3) is 0 Å². The van der Waals surface area contributed by atoms with Crippen molar-refractivity contribution < 1.29 is 4.79 Å². The Morgan fingerprint density at radius 1 is 1.41 bits per heavy atom. The van der Waals surface area contributed by atoms with Gasteiger partial charge in [-0.2, -0.15) is 0 Å². The zero-order valence-electron chi connectivity index (χ0n) is 9.92. The molecule has 1 fully saturated rings. The van der Waals surface area contributed by atoms with Crippen LogP contribution in [0, 0.1) is 0 Å². The van der Waals surface area contributed by atoms with Gasteiger partial charge >= 0.3 is 0 Å².